The lowest BCUT2D eigenvalue weighted by atomic mass is 10.1. The zero-order valence-electron chi connectivity index (χ0n) is 11.4. The van der Waals surface area contributed by atoms with Crippen molar-refractivity contribution in [1.29, 1.82) is 0 Å². The summed E-state index contributed by atoms with van der Waals surface area (Å²) in [5.41, 5.74) is 2.01. The van der Waals surface area contributed by atoms with Gasteiger partial charge in [-0.25, -0.2) is 4.21 Å². The molecule has 0 aliphatic rings. The fourth-order valence-electron chi connectivity index (χ4n) is 1.34. The van der Waals surface area contributed by atoms with Crippen molar-refractivity contribution in [2.24, 2.45) is 4.40 Å². The molecule has 18 heavy (non-hydrogen) atoms. The summed E-state index contributed by atoms with van der Waals surface area (Å²) in [6.45, 7) is 7.69. The monoisotopic (exact) mass is 285 g/mol. The van der Waals surface area contributed by atoms with Crippen LogP contribution in [0.25, 0.3) is 0 Å². The first-order valence-electron chi connectivity index (χ1n) is 6.00. The molecule has 0 amide bonds. The van der Waals surface area contributed by atoms with Crippen molar-refractivity contribution in [3.05, 3.63) is 34.9 Å². The number of halogens is 1. The highest BCUT2D eigenvalue weighted by Crippen LogP contribution is 2.17. The molecule has 1 rings (SSSR count). The van der Waals surface area contributed by atoms with Crippen molar-refractivity contribution in [2.75, 3.05) is 0 Å². The average Bonchev–Trinajstić information content (AvgIpc) is 2.26. The van der Waals surface area contributed by atoms with Gasteiger partial charge in [-0.05, 0) is 52.2 Å². The normalized spacial score (nSPS) is 14.6. The van der Waals surface area contributed by atoms with Crippen molar-refractivity contribution >= 4 is 28.3 Å². The van der Waals surface area contributed by atoms with Gasteiger partial charge in [0.15, 0.2) is 0 Å². The second-order valence-electron chi connectivity index (χ2n) is 5.28. The molecule has 0 aromatic heterocycles. The molecule has 1 atom stereocenters. The Labute approximate surface area is 117 Å². The lowest BCUT2D eigenvalue weighted by Crippen LogP contribution is -2.20. The SMILES string of the molecule is CC(CCc1ccccc1Cl)=NS(=O)C(C)(C)C. The van der Waals surface area contributed by atoms with E-state index in [0.29, 0.717) is 0 Å². The molecule has 1 aromatic rings. The highest BCUT2D eigenvalue weighted by atomic mass is 35.5. The molecule has 0 spiro atoms. The summed E-state index contributed by atoms with van der Waals surface area (Å²) < 4.78 is 15.8. The fourth-order valence-corrected chi connectivity index (χ4v) is 2.22. The molecule has 0 saturated heterocycles. The van der Waals surface area contributed by atoms with E-state index in [-0.39, 0.29) is 4.75 Å². The van der Waals surface area contributed by atoms with Gasteiger partial charge in [-0.3, -0.25) is 0 Å². The lowest BCUT2D eigenvalue weighted by molar-refractivity contribution is 0.650. The van der Waals surface area contributed by atoms with Gasteiger partial charge in [0.25, 0.3) is 0 Å². The fraction of sp³-hybridized carbons (Fsp3) is 0.500. The van der Waals surface area contributed by atoms with E-state index in [1.54, 1.807) is 0 Å². The summed E-state index contributed by atoms with van der Waals surface area (Å²) in [6, 6.07) is 7.79. The number of aryl methyl sites for hydroxylation is 1. The van der Waals surface area contributed by atoms with E-state index in [4.69, 9.17) is 11.6 Å². The third-order valence-electron chi connectivity index (χ3n) is 2.48. The Morgan fingerprint density at radius 2 is 1.94 bits per heavy atom. The molecular weight excluding hydrogens is 266 g/mol. The standard InChI is InChI=1S/C14H20ClNOS/c1-11(16-18(17)14(2,3)4)9-10-12-7-5-6-8-13(12)15/h5-8H,9-10H2,1-4H3. The molecule has 0 aliphatic heterocycles. The number of hydrogen-bond donors (Lipinski definition) is 0. The van der Waals surface area contributed by atoms with Crippen LogP contribution in [0.3, 0.4) is 0 Å². The topological polar surface area (TPSA) is 29.4 Å². The quantitative estimate of drug-likeness (QED) is 0.763. The summed E-state index contributed by atoms with van der Waals surface area (Å²) in [5.74, 6) is 0. The van der Waals surface area contributed by atoms with Crippen molar-refractivity contribution in [3.8, 4) is 0 Å². The van der Waals surface area contributed by atoms with E-state index < -0.39 is 11.0 Å². The smallest absolute Gasteiger partial charge is 0.144 e. The van der Waals surface area contributed by atoms with Crippen LogP contribution < -0.4 is 0 Å². The van der Waals surface area contributed by atoms with Gasteiger partial charge in [0.05, 0.1) is 4.75 Å². The third kappa shape index (κ3) is 4.91. The summed E-state index contributed by atoms with van der Waals surface area (Å²) in [6.07, 6.45) is 1.61. The molecule has 0 saturated carbocycles. The van der Waals surface area contributed by atoms with Crippen molar-refractivity contribution in [2.45, 2.75) is 45.3 Å². The molecule has 2 nitrogen and oxygen atoms in total. The van der Waals surface area contributed by atoms with E-state index in [1.807, 2.05) is 52.0 Å². The first kappa shape index (κ1) is 15.4. The molecule has 0 bridgehead atoms. The minimum absolute atomic E-state index is 0.300. The van der Waals surface area contributed by atoms with E-state index in [1.165, 1.54) is 0 Å². The Morgan fingerprint density at radius 3 is 2.50 bits per heavy atom. The minimum Gasteiger partial charge on any atom is -0.234 e. The highest BCUT2D eigenvalue weighted by molar-refractivity contribution is 7.85. The Morgan fingerprint density at radius 1 is 1.33 bits per heavy atom. The van der Waals surface area contributed by atoms with Gasteiger partial charge in [-0.2, -0.15) is 4.40 Å². The molecule has 1 aromatic carbocycles. The van der Waals surface area contributed by atoms with E-state index >= 15 is 0 Å². The maximum absolute atomic E-state index is 11.9. The van der Waals surface area contributed by atoms with Gasteiger partial charge in [-0.15, -0.1) is 0 Å². The minimum atomic E-state index is -1.18. The van der Waals surface area contributed by atoms with Crippen LogP contribution in [-0.4, -0.2) is 14.7 Å². The van der Waals surface area contributed by atoms with Gasteiger partial charge >= 0.3 is 0 Å². The average molecular weight is 286 g/mol. The first-order valence-corrected chi connectivity index (χ1v) is 7.49. The van der Waals surface area contributed by atoms with E-state index in [2.05, 4.69) is 4.40 Å². The molecule has 0 aliphatic carbocycles. The molecule has 1 unspecified atom stereocenters. The van der Waals surface area contributed by atoms with Crippen LogP contribution in [0.15, 0.2) is 28.7 Å². The molecule has 0 fully saturated rings. The highest BCUT2D eigenvalue weighted by Gasteiger charge is 2.18. The summed E-state index contributed by atoms with van der Waals surface area (Å²) in [7, 11) is -1.18. The van der Waals surface area contributed by atoms with Crippen LogP contribution in [-0.2, 0) is 17.4 Å². The summed E-state index contributed by atoms with van der Waals surface area (Å²) in [4.78, 5) is 0. The van der Waals surface area contributed by atoms with Gasteiger partial charge in [-0.1, -0.05) is 29.8 Å². The predicted molar refractivity (Wildman–Crippen MR) is 80.8 cm³/mol. The molecule has 0 radical (unpaired) electrons. The second-order valence-corrected chi connectivity index (χ2v) is 7.59. The van der Waals surface area contributed by atoms with Gasteiger partial charge in [0.2, 0.25) is 0 Å². The Hall–Kier alpha value is -0.670. The summed E-state index contributed by atoms with van der Waals surface area (Å²) in [5, 5.41) is 0.780. The maximum Gasteiger partial charge on any atom is 0.144 e. The zero-order chi connectivity index (χ0) is 13.8. The Kier molecular flexibility index (Phi) is 5.54. The molecule has 100 valence electrons. The van der Waals surface area contributed by atoms with Gasteiger partial charge in [0, 0.05) is 10.7 Å². The van der Waals surface area contributed by atoms with E-state index in [9.17, 15) is 4.21 Å². The third-order valence-corrected chi connectivity index (χ3v) is 4.37. The van der Waals surface area contributed by atoms with Crippen LogP contribution in [0, 0.1) is 0 Å². The second kappa shape index (κ2) is 6.48. The van der Waals surface area contributed by atoms with Gasteiger partial charge < -0.3 is 0 Å². The Balaban J connectivity index is 2.62. The van der Waals surface area contributed by atoms with Crippen LogP contribution in [0.4, 0.5) is 0 Å². The molecule has 0 N–H and O–H groups in total. The predicted octanol–water partition coefficient (Wildman–Crippen LogP) is 4.20. The largest absolute Gasteiger partial charge is 0.234 e. The number of nitrogens with zero attached hydrogens (tertiary/aromatic N) is 1. The van der Waals surface area contributed by atoms with Crippen molar-refractivity contribution in [1.82, 2.24) is 0 Å². The Bertz CT molecular complexity index is 463. The van der Waals surface area contributed by atoms with Crippen LogP contribution >= 0.6 is 11.6 Å². The molecular formula is C14H20ClNOS. The zero-order valence-corrected chi connectivity index (χ0v) is 12.9. The van der Waals surface area contributed by atoms with Crippen LogP contribution in [0.1, 0.15) is 39.7 Å². The van der Waals surface area contributed by atoms with Crippen molar-refractivity contribution in [3.63, 3.8) is 0 Å². The number of benzene rings is 1. The number of rotatable bonds is 4. The lowest BCUT2D eigenvalue weighted by Gasteiger charge is -2.14. The first-order chi connectivity index (χ1) is 8.30. The van der Waals surface area contributed by atoms with E-state index in [0.717, 1.165) is 29.1 Å². The molecule has 4 heteroatoms. The van der Waals surface area contributed by atoms with Crippen LogP contribution in [0.5, 0.6) is 0 Å². The molecule has 0 heterocycles. The van der Waals surface area contributed by atoms with Crippen LogP contribution in [0.2, 0.25) is 5.02 Å². The number of hydrogen-bond acceptors (Lipinski definition) is 1. The maximum atomic E-state index is 11.9. The summed E-state index contributed by atoms with van der Waals surface area (Å²) >= 11 is 6.09. The van der Waals surface area contributed by atoms with Crippen molar-refractivity contribution < 1.29 is 4.21 Å². The van der Waals surface area contributed by atoms with Gasteiger partial charge in [0.1, 0.15) is 11.0 Å².